The molecule has 2 N–H and O–H groups in total. The zero-order chi connectivity index (χ0) is 19.2. The number of carbonyl (C=O) groups is 1. The highest BCUT2D eigenvalue weighted by molar-refractivity contribution is 7.14. The zero-order valence-electron chi connectivity index (χ0n) is 15.4. The lowest BCUT2D eigenvalue weighted by molar-refractivity contribution is 0.102. The van der Waals surface area contributed by atoms with Crippen molar-refractivity contribution in [3.63, 3.8) is 0 Å². The second kappa shape index (κ2) is 8.55. The fourth-order valence-electron chi connectivity index (χ4n) is 2.51. The van der Waals surface area contributed by atoms with Crippen molar-refractivity contribution in [3.05, 3.63) is 59.1 Å². The smallest absolute Gasteiger partial charge is 0.275 e. The van der Waals surface area contributed by atoms with Gasteiger partial charge in [-0.1, -0.05) is 0 Å². The van der Waals surface area contributed by atoms with Crippen LogP contribution < -0.4 is 20.1 Å². The third-order valence-electron chi connectivity index (χ3n) is 3.81. The number of nitrogens with zero attached hydrogens (tertiary/aromatic N) is 1. The summed E-state index contributed by atoms with van der Waals surface area (Å²) in [6.45, 7) is 4.50. The number of thiazole rings is 1. The predicted molar refractivity (Wildman–Crippen MR) is 109 cm³/mol. The molecule has 1 heterocycles. The summed E-state index contributed by atoms with van der Waals surface area (Å²) in [7, 11) is 1.62. The topological polar surface area (TPSA) is 72.5 Å². The SMILES string of the molecule is CCOc1ccc(Nc2nc(C(=O)Nc3ccc(OC)c(C)c3)cs2)cc1. The molecule has 140 valence electrons. The van der Waals surface area contributed by atoms with E-state index >= 15 is 0 Å². The Kier molecular flexibility index (Phi) is 5.93. The molecule has 3 aromatic rings. The predicted octanol–water partition coefficient (Wildman–Crippen LogP) is 4.85. The summed E-state index contributed by atoms with van der Waals surface area (Å²) >= 11 is 1.37. The lowest BCUT2D eigenvalue weighted by Crippen LogP contribution is -2.12. The van der Waals surface area contributed by atoms with Gasteiger partial charge in [0.05, 0.1) is 13.7 Å². The normalized spacial score (nSPS) is 10.3. The average Bonchev–Trinajstić information content (AvgIpc) is 3.12. The van der Waals surface area contributed by atoms with Gasteiger partial charge in [0.25, 0.3) is 5.91 Å². The Labute approximate surface area is 162 Å². The summed E-state index contributed by atoms with van der Waals surface area (Å²) in [5.74, 6) is 1.34. The van der Waals surface area contributed by atoms with E-state index in [0.29, 0.717) is 23.1 Å². The number of nitrogens with one attached hydrogen (secondary N) is 2. The number of hydrogen-bond acceptors (Lipinski definition) is 6. The molecule has 3 rings (SSSR count). The molecule has 0 radical (unpaired) electrons. The van der Waals surface area contributed by atoms with Crippen molar-refractivity contribution in [1.82, 2.24) is 4.98 Å². The second-order valence-corrected chi connectivity index (χ2v) is 6.62. The van der Waals surface area contributed by atoms with Crippen LogP contribution in [0.15, 0.2) is 47.8 Å². The van der Waals surface area contributed by atoms with E-state index in [4.69, 9.17) is 9.47 Å². The first-order valence-electron chi connectivity index (χ1n) is 8.50. The molecule has 0 saturated carbocycles. The van der Waals surface area contributed by atoms with Gasteiger partial charge < -0.3 is 20.1 Å². The molecule has 0 atom stereocenters. The molecule has 1 amide bonds. The van der Waals surface area contributed by atoms with Gasteiger partial charge in [0, 0.05) is 16.8 Å². The second-order valence-electron chi connectivity index (χ2n) is 5.76. The van der Waals surface area contributed by atoms with Crippen LogP contribution in [0.3, 0.4) is 0 Å². The molecular formula is C20H21N3O3S. The Morgan fingerprint density at radius 1 is 1.15 bits per heavy atom. The molecule has 0 spiro atoms. The highest BCUT2D eigenvalue weighted by Crippen LogP contribution is 2.25. The van der Waals surface area contributed by atoms with Crippen LogP contribution in [0.1, 0.15) is 23.0 Å². The van der Waals surface area contributed by atoms with E-state index in [0.717, 1.165) is 22.7 Å². The van der Waals surface area contributed by atoms with Gasteiger partial charge in [-0.25, -0.2) is 4.98 Å². The maximum Gasteiger partial charge on any atom is 0.275 e. The molecule has 0 aliphatic carbocycles. The number of aromatic nitrogens is 1. The lowest BCUT2D eigenvalue weighted by Gasteiger charge is -2.08. The molecule has 0 aliphatic rings. The number of aryl methyl sites for hydroxylation is 1. The van der Waals surface area contributed by atoms with E-state index in [1.54, 1.807) is 18.6 Å². The highest BCUT2D eigenvalue weighted by Gasteiger charge is 2.12. The summed E-state index contributed by atoms with van der Waals surface area (Å²) in [6, 6.07) is 13.1. The molecule has 0 fully saturated rings. The van der Waals surface area contributed by atoms with Crippen molar-refractivity contribution in [3.8, 4) is 11.5 Å². The van der Waals surface area contributed by atoms with Crippen LogP contribution in [0.5, 0.6) is 11.5 Å². The first-order valence-corrected chi connectivity index (χ1v) is 9.38. The molecule has 7 heteroatoms. The van der Waals surface area contributed by atoms with Gasteiger partial charge in [0.2, 0.25) is 0 Å². The van der Waals surface area contributed by atoms with Crippen LogP contribution in [-0.2, 0) is 0 Å². The lowest BCUT2D eigenvalue weighted by atomic mass is 10.2. The fourth-order valence-corrected chi connectivity index (χ4v) is 3.22. The number of benzene rings is 2. The number of anilines is 3. The Morgan fingerprint density at radius 2 is 1.89 bits per heavy atom. The van der Waals surface area contributed by atoms with Crippen LogP contribution >= 0.6 is 11.3 Å². The van der Waals surface area contributed by atoms with E-state index in [1.807, 2.05) is 50.2 Å². The monoisotopic (exact) mass is 383 g/mol. The summed E-state index contributed by atoms with van der Waals surface area (Å²) in [6.07, 6.45) is 0. The van der Waals surface area contributed by atoms with Gasteiger partial charge in [-0.15, -0.1) is 11.3 Å². The quantitative estimate of drug-likeness (QED) is 0.610. The van der Waals surface area contributed by atoms with E-state index < -0.39 is 0 Å². The minimum atomic E-state index is -0.254. The maximum absolute atomic E-state index is 12.4. The van der Waals surface area contributed by atoms with Crippen molar-refractivity contribution in [2.75, 3.05) is 24.4 Å². The zero-order valence-corrected chi connectivity index (χ0v) is 16.2. The molecule has 0 bridgehead atoms. The van der Waals surface area contributed by atoms with Gasteiger partial charge in [0.15, 0.2) is 5.13 Å². The summed E-state index contributed by atoms with van der Waals surface area (Å²) in [5, 5.41) is 8.42. The molecule has 6 nitrogen and oxygen atoms in total. The van der Waals surface area contributed by atoms with Gasteiger partial charge in [-0.3, -0.25) is 4.79 Å². The van der Waals surface area contributed by atoms with Crippen molar-refractivity contribution in [2.24, 2.45) is 0 Å². The van der Waals surface area contributed by atoms with Crippen molar-refractivity contribution in [2.45, 2.75) is 13.8 Å². The minimum Gasteiger partial charge on any atom is -0.496 e. The summed E-state index contributed by atoms with van der Waals surface area (Å²) < 4.78 is 10.7. The molecule has 27 heavy (non-hydrogen) atoms. The van der Waals surface area contributed by atoms with Crippen LogP contribution in [0.25, 0.3) is 0 Å². The largest absolute Gasteiger partial charge is 0.496 e. The van der Waals surface area contributed by atoms with Gasteiger partial charge in [-0.2, -0.15) is 0 Å². The van der Waals surface area contributed by atoms with Crippen molar-refractivity contribution < 1.29 is 14.3 Å². The average molecular weight is 383 g/mol. The number of amides is 1. The fraction of sp³-hybridized carbons (Fsp3) is 0.200. The van der Waals surface area contributed by atoms with Crippen LogP contribution in [-0.4, -0.2) is 24.6 Å². The molecule has 1 aromatic heterocycles. The highest BCUT2D eigenvalue weighted by atomic mass is 32.1. The Balaban J connectivity index is 1.64. The third-order valence-corrected chi connectivity index (χ3v) is 4.56. The van der Waals surface area contributed by atoms with Crippen LogP contribution in [0, 0.1) is 6.92 Å². The third kappa shape index (κ3) is 4.77. The van der Waals surface area contributed by atoms with Crippen molar-refractivity contribution in [1.29, 1.82) is 0 Å². The number of methoxy groups -OCH3 is 1. The van der Waals surface area contributed by atoms with E-state index in [1.165, 1.54) is 11.3 Å². The molecule has 0 saturated heterocycles. The first-order chi connectivity index (χ1) is 13.1. The van der Waals surface area contributed by atoms with Gasteiger partial charge in [0.1, 0.15) is 17.2 Å². The number of ether oxygens (including phenoxy) is 2. The van der Waals surface area contributed by atoms with Gasteiger partial charge in [-0.05, 0) is 61.9 Å². The molecule has 0 unspecified atom stereocenters. The van der Waals surface area contributed by atoms with E-state index in [9.17, 15) is 4.79 Å². The number of rotatable bonds is 7. The molecular weight excluding hydrogens is 362 g/mol. The molecule has 0 aliphatic heterocycles. The van der Waals surface area contributed by atoms with Gasteiger partial charge >= 0.3 is 0 Å². The maximum atomic E-state index is 12.4. The summed E-state index contributed by atoms with van der Waals surface area (Å²) in [5.41, 5.74) is 2.89. The van der Waals surface area contributed by atoms with Crippen LogP contribution in [0.4, 0.5) is 16.5 Å². The Hall–Kier alpha value is -3.06. The van der Waals surface area contributed by atoms with E-state index in [2.05, 4.69) is 15.6 Å². The number of carbonyl (C=O) groups excluding carboxylic acids is 1. The summed E-state index contributed by atoms with van der Waals surface area (Å²) in [4.78, 5) is 16.8. The minimum absolute atomic E-state index is 0.254. The van der Waals surface area contributed by atoms with E-state index in [-0.39, 0.29) is 5.91 Å². The Morgan fingerprint density at radius 3 is 2.56 bits per heavy atom. The standard InChI is InChI=1S/C20H21N3O3S/c1-4-26-16-8-5-14(6-9-16)22-20-23-17(12-27-20)19(24)21-15-7-10-18(25-3)13(2)11-15/h5-12H,4H2,1-3H3,(H,21,24)(H,22,23). The number of hydrogen-bond donors (Lipinski definition) is 2. The first kappa shape index (κ1) is 18.7. The van der Waals surface area contributed by atoms with Crippen molar-refractivity contribution >= 4 is 33.8 Å². The molecule has 2 aromatic carbocycles. The Bertz CT molecular complexity index is 922. The van der Waals surface area contributed by atoms with Crippen LogP contribution in [0.2, 0.25) is 0 Å².